The third-order valence-corrected chi connectivity index (χ3v) is 5.42. The first-order chi connectivity index (χ1) is 13.7. The molecule has 0 spiro atoms. The molecule has 1 aromatic carbocycles. The summed E-state index contributed by atoms with van der Waals surface area (Å²) in [6.07, 6.45) is 8.04. The Morgan fingerprint density at radius 2 is 2.04 bits per heavy atom. The molecule has 1 aromatic heterocycles. The fraction of sp³-hybridized carbons (Fsp3) is 0.591. The predicted octanol–water partition coefficient (Wildman–Crippen LogP) is 3.83. The Hall–Kier alpha value is -2.21. The zero-order valence-corrected chi connectivity index (χ0v) is 16.9. The van der Waals surface area contributed by atoms with E-state index in [9.17, 15) is 4.79 Å². The van der Waals surface area contributed by atoms with Gasteiger partial charge in [0.05, 0.1) is 0 Å². The number of nitrogens with one attached hydrogen (secondary N) is 1. The van der Waals surface area contributed by atoms with Gasteiger partial charge in [0, 0.05) is 31.0 Å². The summed E-state index contributed by atoms with van der Waals surface area (Å²) in [4.78, 5) is 14.6. The SMILES string of the molecule is CC1CCCCN1CCCCNC(=O)CCCc1nnc(-c2ccccc2)o1. The maximum atomic E-state index is 12.0. The third kappa shape index (κ3) is 6.44. The number of benzene rings is 1. The van der Waals surface area contributed by atoms with E-state index in [1.807, 2.05) is 30.3 Å². The number of aryl methyl sites for hydroxylation is 1. The van der Waals surface area contributed by atoms with E-state index in [0.29, 0.717) is 31.0 Å². The van der Waals surface area contributed by atoms with E-state index in [-0.39, 0.29) is 5.91 Å². The summed E-state index contributed by atoms with van der Waals surface area (Å²) in [6, 6.07) is 10.4. The highest BCUT2D eigenvalue weighted by molar-refractivity contribution is 5.75. The van der Waals surface area contributed by atoms with Crippen molar-refractivity contribution in [2.75, 3.05) is 19.6 Å². The smallest absolute Gasteiger partial charge is 0.247 e. The summed E-state index contributed by atoms with van der Waals surface area (Å²) in [6.45, 7) is 5.47. The second-order valence-electron chi connectivity index (χ2n) is 7.66. The lowest BCUT2D eigenvalue weighted by molar-refractivity contribution is -0.121. The molecule has 1 unspecified atom stereocenters. The summed E-state index contributed by atoms with van der Waals surface area (Å²) in [5, 5.41) is 11.2. The molecule has 2 aromatic rings. The second kappa shape index (κ2) is 11.0. The van der Waals surface area contributed by atoms with E-state index in [1.165, 1.54) is 25.8 Å². The van der Waals surface area contributed by atoms with Crippen LogP contribution in [0.15, 0.2) is 34.7 Å². The Balaban J connectivity index is 1.25. The number of hydrogen-bond acceptors (Lipinski definition) is 5. The number of nitrogens with zero attached hydrogens (tertiary/aromatic N) is 3. The third-order valence-electron chi connectivity index (χ3n) is 5.42. The number of amides is 1. The first-order valence-electron chi connectivity index (χ1n) is 10.6. The molecule has 0 bridgehead atoms. The van der Waals surface area contributed by atoms with Crippen molar-refractivity contribution >= 4 is 5.91 Å². The number of hydrogen-bond donors (Lipinski definition) is 1. The summed E-state index contributed by atoms with van der Waals surface area (Å²) in [5.41, 5.74) is 0.915. The lowest BCUT2D eigenvalue weighted by atomic mass is 10.0. The molecule has 2 heterocycles. The van der Waals surface area contributed by atoms with Crippen molar-refractivity contribution in [3.63, 3.8) is 0 Å². The number of unbranched alkanes of at least 4 members (excludes halogenated alkanes) is 1. The average Bonchev–Trinajstić information content (AvgIpc) is 3.19. The van der Waals surface area contributed by atoms with E-state index < -0.39 is 0 Å². The van der Waals surface area contributed by atoms with Gasteiger partial charge < -0.3 is 14.6 Å². The van der Waals surface area contributed by atoms with E-state index in [4.69, 9.17) is 4.42 Å². The zero-order valence-electron chi connectivity index (χ0n) is 16.9. The highest BCUT2D eigenvalue weighted by atomic mass is 16.4. The molecule has 0 aliphatic carbocycles. The highest BCUT2D eigenvalue weighted by Gasteiger charge is 2.17. The molecule has 0 radical (unpaired) electrons. The predicted molar refractivity (Wildman–Crippen MR) is 110 cm³/mol. The van der Waals surface area contributed by atoms with Crippen molar-refractivity contribution < 1.29 is 9.21 Å². The minimum atomic E-state index is 0.106. The normalized spacial score (nSPS) is 17.5. The van der Waals surface area contributed by atoms with E-state index >= 15 is 0 Å². The highest BCUT2D eigenvalue weighted by Crippen LogP contribution is 2.18. The first-order valence-corrected chi connectivity index (χ1v) is 10.6. The molecule has 1 saturated heterocycles. The molecular formula is C22H32N4O2. The van der Waals surface area contributed by atoms with Crippen LogP contribution in [-0.4, -0.2) is 46.7 Å². The summed E-state index contributed by atoms with van der Waals surface area (Å²) >= 11 is 0. The Kier molecular flexibility index (Phi) is 8.03. The standard InChI is InChI=1S/C22H32N4O2/c1-18-10-5-7-16-26(18)17-8-6-15-23-20(27)13-9-14-21-24-25-22(28-21)19-11-3-2-4-12-19/h2-4,11-12,18H,5-10,13-17H2,1H3,(H,23,27). The van der Waals surface area contributed by atoms with Crippen LogP contribution in [0.25, 0.3) is 11.5 Å². The van der Waals surface area contributed by atoms with Crippen molar-refractivity contribution in [1.82, 2.24) is 20.4 Å². The van der Waals surface area contributed by atoms with Crippen LogP contribution in [0, 0.1) is 0 Å². The monoisotopic (exact) mass is 384 g/mol. The molecule has 6 nitrogen and oxygen atoms in total. The molecule has 28 heavy (non-hydrogen) atoms. The zero-order chi connectivity index (χ0) is 19.6. The van der Waals surface area contributed by atoms with Crippen molar-refractivity contribution in [1.29, 1.82) is 0 Å². The van der Waals surface area contributed by atoms with Gasteiger partial charge in [0.25, 0.3) is 0 Å². The molecule has 3 rings (SSSR count). The van der Waals surface area contributed by atoms with Crippen LogP contribution in [0.5, 0.6) is 0 Å². The molecule has 1 aliphatic rings. The number of aromatic nitrogens is 2. The Bertz CT molecular complexity index is 716. The van der Waals surface area contributed by atoms with E-state index in [0.717, 1.165) is 37.5 Å². The summed E-state index contributed by atoms with van der Waals surface area (Å²) in [7, 11) is 0. The summed E-state index contributed by atoms with van der Waals surface area (Å²) in [5.74, 6) is 1.22. The molecule has 0 saturated carbocycles. The molecule has 6 heteroatoms. The van der Waals surface area contributed by atoms with Crippen LogP contribution in [-0.2, 0) is 11.2 Å². The fourth-order valence-electron chi connectivity index (χ4n) is 3.70. The molecule has 1 amide bonds. The number of carbonyl (C=O) groups is 1. The van der Waals surface area contributed by atoms with Crippen LogP contribution in [0.4, 0.5) is 0 Å². The van der Waals surface area contributed by atoms with Gasteiger partial charge in [-0.3, -0.25) is 4.79 Å². The minimum absolute atomic E-state index is 0.106. The first kappa shape index (κ1) is 20.5. The Morgan fingerprint density at radius 1 is 1.18 bits per heavy atom. The molecule has 1 fully saturated rings. The number of carbonyl (C=O) groups excluding carboxylic acids is 1. The number of likely N-dealkylation sites (tertiary alicyclic amines) is 1. The van der Waals surface area contributed by atoms with Gasteiger partial charge in [-0.25, -0.2) is 0 Å². The van der Waals surface area contributed by atoms with Crippen LogP contribution in [0.3, 0.4) is 0 Å². The van der Waals surface area contributed by atoms with Crippen molar-refractivity contribution in [3.05, 3.63) is 36.2 Å². The lowest BCUT2D eigenvalue weighted by Gasteiger charge is -2.33. The van der Waals surface area contributed by atoms with E-state index in [1.54, 1.807) is 0 Å². The van der Waals surface area contributed by atoms with Crippen LogP contribution in [0.1, 0.15) is 57.8 Å². The van der Waals surface area contributed by atoms with Gasteiger partial charge >= 0.3 is 0 Å². The molecule has 1 N–H and O–H groups in total. The topological polar surface area (TPSA) is 71.3 Å². The van der Waals surface area contributed by atoms with Gasteiger partial charge in [-0.05, 0) is 64.3 Å². The number of rotatable bonds is 10. The fourth-order valence-corrected chi connectivity index (χ4v) is 3.70. The maximum Gasteiger partial charge on any atom is 0.247 e. The molecule has 1 atom stereocenters. The van der Waals surface area contributed by atoms with Gasteiger partial charge in [0.15, 0.2) is 0 Å². The molecular weight excluding hydrogens is 352 g/mol. The van der Waals surface area contributed by atoms with Crippen molar-refractivity contribution in [3.8, 4) is 11.5 Å². The minimum Gasteiger partial charge on any atom is -0.421 e. The van der Waals surface area contributed by atoms with Crippen LogP contribution in [0.2, 0.25) is 0 Å². The Morgan fingerprint density at radius 3 is 2.86 bits per heavy atom. The van der Waals surface area contributed by atoms with Gasteiger partial charge in [-0.2, -0.15) is 0 Å². The van der Waals surface area contributed by atoms with Gasteiger partial charge in [0.1, 0.15) is 0 Å². The Labute approximate surface area is 167 Å². The largest absolute Gasteiger partial charge is 0.421 e. The quantitative estimate of drug-likeness (QED) is 0.630. The van der Waals surface area contributed by atoms with Gasteiger partial charge in [-0.15, -0.1) is 10.2 Å². The van der Waals surface area contributed by atoms with Crippen molar-refractivity contribution in [2.24, 2.45) is 0 Å². The van der Waals surface area contributed by atoms with E-state index in [2.05, 4.69) is 27.3 Å². The summed E-state index contributed by atoms with van der Waals surface area (Å²) < 4.78 is 5.67. The lowest BCUT2D eigenvalue weighted by Crippen LogP contribution is -2.38. The van der Waals surface area contributed by atoms with Crippen molar-refractivity contribution in [2.45, 2.75) is 64.3 Å². The maximum absolute atomic E-state index is 12.0. The number of piperidine rings is 1. The average molecular weight is 385 g/mol. The van der Waals surface area contributed by atoms with Gasteiger partial charge in [0.2, 0.25) is 17.7 Å². The van der Waals surface area contributed by atoms with Crippen LogP contribution >= 0.6 is 0 Å². The molecule has 1 aliphatic heterocycles. The van der Waals surface area contributed by atoms with Crippen LogP contribution < -0.4 is 5.32 Å². The second-order valence-corrected chi connectivity index (χ2v) is 7.66. The van der Waals surface area contributed by atoms with Gasteiger partial charge in [-0.1, -0.05) is 24.6 Å². The molecule has 152 valence electrons.